The highest BCUT2D eigenvalue weighted by Gasteiger charge is 2.04. The SMILES string of the molecule is CC(=O)O.Cc1ccccc1-c1ccc(O)cc1C. The zero-order valence-corrected chi connectivity index (χ0v) is 11.3. The van der Waals surface area contributed by atoms with E-state index >= 15 is 0 Å². The van der Waals surface area contributed by atoms with Crippen molar-refractivity contribution < 1.29 is 15.0 Å². The Morgan fingerprint density at radius 3 is 2.00 bits per heavy atom. The number of phenols is 1. The highest BCUT2D eigenvalue weighted by Crippen LogP contribution is 2.28. The van der Waals surface area contributed by atoms with Crippen LogP contribution in [0.15, 0.2) is 42.5 Å². The van der Waals surface area contributed by atoms with Gasteiger partial charge in [-0.05, 0) is 48.2 Å². The summed E-state index contributed by atoms with van der Waals surface area (Å²) < 4.78 is 0. The van der Waals surface area contributed by atoms with Crippen molar-refractivity contribution in [1.82, 2.24) is 0 Å². The van der Waals surface area contributed by atoms with Crippen LogP contribution in [0.25, 0.3) is 11.1 Å². The zero-order valence-electron chi connectivity index (χ0n) is 11.3. The molecule has 19 heavy (non-hydrogen) atoms. The molecule has 0 radical (unpaired) electrons. The van der Waals surface area contributed by atoms with Gasteiger partial charge in [-0.25, -0.2) is 0 Å². The first-order valence-electron chi connectivity index (χ1n) is 5.97. The minimum absolute atomic E-state index is 0.324. The minimum atomic E-state index is -0.833. The third kappa shape index (κ3) is 4.47. The molecule has 0 fully saturated rings. The zero-order chi connectivity index (χ0) is 14.4. The number of aromatic hydroxyl groups is 1. The average molecular weight is 258 g/mol. The van der Waals surface area contributed by atoms with E-state index < -0.39 is 5.97 Å². The van der Waals surface area contributed by atoms with Crippen LogP contribution in [0.4, 0.5) is 0 Å². The second-order valence-corrected chi connectivity index (χ2v) is 4.33. The van der Waals surface area contributed by atoms with E-state index in [0.717, 1.165) is 12.5 Å². The molecule has 3 nitrogen and oxygen atoms in total. The van der Waals surface area contributed by atoms with Crippen molar-refractivity contribution in [2.45, 2.75) is 20.8 Å². The van der Waals surface area contributed by atoms with E-state index in [-0.39, 0.29) is 0 Å². The fourth-order valence-corrected chi connectivity index (χ4v) is 1.83. The lowest BCUT2D eigenvalue weighted by atomic mass is 9.97. The van der Waals surface area contributed by atoms with Gasteiger partial charge in [0, 0.05) is 6.92 Å². The minimum Gasteiger partial charge on any atom is -0.508 e. The number of phenolic OH excluding ortho intramolecular Hbond substituents is 1. The molecule has 2 aromatic rings. The Kier molecular flexibility index (Phi) is 5.12. The number of hydrogen-bond acceptors (Lipinski definition) is 2. The van der Waals surface area contributed by atoms with Gasteiger partial charge in [0.2, 0.25) is 0 Å². The predicted molar refractivity (Wildman–Crippen MR) is 76.3 cm³/mol. The lowest BCUT2D eigenvalue weighted by molar-refractivity contribution is -0.134. The lowest BCUT2D eigenvalue weighted by Crippen LogP contribution is -1.85. The number of carboxylic acids is 1. The van der Waals surface area contributed by atoms with E-state index in [1.165, 1.54) is 16.7 Å². The van der Waals surface area contributed by atoms with E-state index in [1.54, 1.807) is 12.1 Å². The van der Waals surface area contributed by atoms with Crippen LogP contribution >= 0.6 is 0 Å². The molecule has 0 amide bonds. The van der Waals surface area contributed by atoms with Crippen LogP contribution in [0.2, 0.25) is 0 Å². The second kappa shape index (κ2) is 6.59. The quantitative estimate of drug-likeness (QED) is 0.818. The normalized spacial score (nSPS) is 9.42. The predicted octanol–water partition coefficient (Wildman–Crippen LogP) is 3.77. The molecule has 100 valence electrons. The molecule has 0 bridgehead atoms. The van der Waals surface area contributed by atoms with Crippen LogP contribution in [-0.4, -0.2) is 16.2 Å². The summed E-state index contributed by atoms with van der Waals surface area (Å²) in [7, 11) is 0. The summed E-state index contributed by atoms with van der Waals surface area (Å²) in [6.45, 7) is 5.20. The third-order valence-corrected chi connectivity index (χ3v) is 2.65. The second-order valence-electron chi connectivity index (χ2n) is 4.33. The number of rotatable bonds is 1. The third-order valence-electron chi connectivity index (χ3n) is 2.65. The van der Waals surface area contributed by atoms with Crippen LogP contribution in [0.3, 0.4) is 0 Å². The highest BCUT2D eigenvalue weighted by molar-refractivity contribution is 5.70. The summed E-state index contributed by atoms with van der Waals surface area (Å²) in [5, 5.41) is 16.8. The van der Waals surface area contributed by atoms with Crippen LogP contribution < -0.4 is 0 Å². The molecule has 2 aromatic carbocycles. The maximum Gasteiger partial charge on any atom is 0.300 e. The number of carbonyl (C=O) groups is 1. The molecular weight excluding hydrogens is 240 g/mol. The Hall–Kier alpha value is -2.29. The standard InChI is InChI=1S/C14H14O.C2H4O2/c1-10-5-3-4-6-13(10)14-8-7-12(15)9-11(14)2;1-2(3)4/h3-9,15H,1-2H3;1H3,(H,3,4). The van der Waals surface area contributed by atoms with Crippen molar-refractivity contribution in [3.8, 4) is 16.9 Å². The van der Waals surface area contributed by atoms with E-state index in [2.05, 4.69) is 19.1 Å². The van der Waals surface area contributed by atoms with Crippen LogP contribution in [0.5, 0.6) is 5.75 Å². The summed E-state index contributed by atoms with van der Waals surface area (Å²) in [5.74, 6) is -0.509. The number of carboxylic acid groups (broad SMARTS) is 1. The van der Waals surface area contributed by atoms with Crippen molar-refractivity contribution in [3.05, 3.63) is 53.6 Å². The summed E-state index contributed by atoms with van der Waals surface area (Å²) in [6, 6.07) is 13.8. The van der Waals surface area contributed by atoms with Gasteiger partial charge < -0.3 is 10.2 Å². The molecule has 3 heteroatoms. The summed E-state index contributed by atoms with van der Waals surface area (Å²) >= 11 is 0. The molecular formula is C16H18O3. The molecule has 0 aromatic heterocycles. The van der Waals surface area contributed by atoms with Gasteiger partial charge in [0.15, 0.2) is 0 Å². The molecule has 0 aliphatic carbocycles. The Balaban J connectivity index is 0.000000399. The first kappa shape index (κ1) is 14.8. The van der Waals surface area contributed by atoms with Gasteiger partial charge in [-0.2, -0.15) is 0 Å². The van der Waals surface area contributed by atoms with Gasteiger partial charge in [0.05, 0.1) is 0 Å². The molecule has 0 spiro atoms. The molecule has 0 saturated heterocycles. The largest absolute Gasteiger partial charge is 0.508 e. The van der Waals surface area contributed by atoms with Crippen molar-refractivity contribution >= 4 is 5.97 Å². The molecule has 2 N–H and O–H groups in total. The Morgan fingerprint density at radius 1 is 0.947 bits per heavy atom. The molecule has 0 aliphatic rings. The maximum absolute atomic E-state index is 9.35. The Morgan fingerprint density at radius 2 is 1.47 bits per heavy atom. The van der Waals surface area contributed by atoms with Crippen molar-refractivity contribution in [3.63, 3.8) is 0 Å². The van der Waals surface area contributed by atoms with Gasteiger partial charge in [-0.15, -0.1) is 0 Å². The van der Waals surface area contributed by atoms with Crippen molar-refractivity contribution in [2.24, 2.45) is 0 Å². The number of aryl methyl sites for hydroxylation is 2. The molecule has 0 saturated carbocycles. The van der Waals surface area contributed by atoms with Gasteiger partial charge in [0.1, 0.15) is 5.75 Å². The Labute approximate surface area is 113 Å². The molecule has 0 heterocycles. The van der Waals surface area contributed by atoms with Gasteiger partial charge >= 0.3 is 0 Å². The number of hydrogen-bond donors (Lipinski definition) is 2. The van der Waals surface area contributed by atoms with Gasteiger partial charge in [0.25, 0.3) is 5.97 Å². The average Bonchev–Trinajstić information content (AvgIpc) is 2.30. The lowest BCUT2D eigenvalue weighted by Gasteiger charge is -2.09. The fraction of sp³-hybridized carbons (Fsp3) is 0.188. The summed E-state index contributed by atoms with van der Waals surface area (Å²) in [5.41, 5.74) is 4.77. The fourth-order valence-electron chi connectivity index (χ4n) is 1.83. The van der Waals surface area contributed by atoms with E-state index in [0.29, 0.717) is 5.75 Å². The number of benzene rings is 2. The van der Waals surface area contributed by atoms with Crippen molar-refractivity contribution in [2.75, 3.05) is 0 Å². The topological polar surface area (TPSA) is 57.5 Å². The van der Waals surface area contributed by atoms with E-state index in [1.807, 2.05) is 25.1 Å². The van der Waals surface area contributed by atoms with Crippen LogP contribution in [0.1, 0.15) is 18.1 Å². The van der Waals surface area contributed by atoms with Gasteiger partial charge in [-0.3, -0.25) is 4.79 Å². The first-order chi connectivity index (χ1) is 8.91. The monoisotopic (exact) mass is 258 g/mol. The van der Waals surface area contributed by atoms with E-state index in [9.17, 15) is 5.11 Å². The number of aliphatic carboxylic acids is 1. The molecule has 2 rings (SSSR count). The Bertz CT molecular complexity index is 570. The summed E-state index contributed by atoms with van der Waals surface area (Å²) in [4.78, 5) is 9.00. The maximum atomic E-state index is 9.35. The first-order valence-corrected chi connectivity index (χ1v) is 5.97. The molecule has 0 unspecified atom stereocenters. The van der Waals surface area contributed by atoms with E-state index in [4.69, 9.17) is 9.90 Å². The van der Waals surface area contributed by atoms with Gasteiger partial charge in [-0.1, -0.05) is 30.3 Å². The molecule has 0 atom stereocenters. The smallest absolute Gasteiger partial charge is 0.300 e. The van der Waals surface area contributed by atoms with Crippen LogP contribution in [0, 0.1) is 13.8 Å². The summed E-state index contributed by atoms with van der Waals surface area (Å²) in [6.07, 6.45) is 0. The highest BCUT2D eigenvalue weighted by atomic mass is 16.4. The molecule has 0 aliphatic heterocycles. The van der Waals surface area contributed by atoms with Crippen LogP contribution in [-0.2, 0) is 4.79 Å². The van der Waals surface area contributed by atoms with Crippen molar-refractivity contribution in [1.29, 1.82) is 0 Å².